The van der Waals surface area contributed by atoms with Crippen LogP contribution >= 0.6 is 15.9 Å². The maximum absolute atomic E-state index is 11.7. The Balaban J connectivity index is 2.81. The number of esters is 1. The molecule has 0 aliphatic carbocycles. The van der Waals surface area contributed by atoms with E-state index in [1.165, 1.54) is 7.11 Å². The van der Waals surface area contributed by atoms with Crippen molar-refractivity contribution in [3.05, 3.63) is 33.4 Å². The molecule has 0 saturated carbocycles. The first-order valence-corrected chi connectivity index (χ1v) is 7.10. The molecule has 1 aromatic heterocycles. The Morgan fingerprint density at radius 3 is 2.65 bits per heavy atom. The van der Waals surface area contributed by atoms with E-state index in [2.05, 4.69) is 20.9 Å². The van der Waals surface area contributed by atoms with Gasteiger partial charge in [0.15, 0.2) is 5.69 Å². The van der Waals surface area contributed by atoms with Gasteiger partial charge in [-0.1, -0.05) is 15.9 Å². The van der Waals surface area contributed by atoms with E-state index in [0.717, 1.165) is 26.5 Å². The zero-order chi connectivity index (χ0) is 14.9. The summed E-state index contributed by atoms with van der Waals surface area (Å²) in [6.45, 7) is 6.41. The van der Waals surface area contributed by atoms with Crippen molar-refractivity contribution in [2.75, 3.05) is 13.7 Å². The van der Waals surface area contributed by atoms with Crippen LogP contribution in [-0.2, 0) is 4.74 Å². The molecular formula is C15H16BrNO3. The topological polar surface area (TPSA) is 48.4 Å². The van der Waals surface area contributed by atoms with Crippen LogP contribution in [-0.4, -0.2) is 24.7 Å². The number of hydrogen-bond donors (Lipinski definition) is 0. The predicted octanol–water partition coefficient (Wildman–Crippen LogP) is 3.80. The van der Waals surface area contributed by atoms with Crippen molar-refractivity contribution in [1.82, 2.24) is 4.98 Å². The summed E-state index contributed by atoms with van der Waals surface area (Å²) in [7, 11) is 1.34. The van der Waals surface area contributed by atoms with Gasteiger partial charge in [0.25, 0.3) is 0 Å². The van der Waals surface area contributed by atoms with Crippen molar-refractivity contribution < 1.29 is 14.3 Å². The number of pyridine rings is 1. The molecule has 0 saturated heterocycles. The molecule has 0 aliphatic heterocycles. The predicted molar refractivity (Wildman–Crippen MR) is 81.4 cm³/mol. The molecule has 0 amide bonds. The summed E-state index contributed by atoms with van der Waals surface area (Å²) in [5, 5.41) is 0.914. The normalized spacial score (nSPS) is 10.7. The molecular weight excluding hydrogens is 322 g/mol. The van der Waals surface area contributed by atoms with Crippen molar-refractivity contribution >= 4 is 32.8 Å². The van der Waals surface area contributed by atoms with Crippen LogP contribution in [0.1, 0.15) is 28.5 Å². The van der Waals surface area contributed by atoms with Gasteiger partial charge in [0.2, 0.25) is 0 Å². The highest BCUT2D eigenvalue weighted by molar-refractivity contribution is 9.10. The lowest BCUT2D eigenvalue weighted by atomic mass is 10.0. The lowest BCUT2D eigenvalue weighted by molar-refractivity contribution is 0.0594. The highest BCUT2D eigenvalue weighted by Gasteiger charge is 2.16. The molecule has 0 fully saturated rings. The van der Waals surface area contributed by atoms with E-state index >= 15 is 0 Å². The van der Waals surface area contributed by atoms with Crippen LogP contribution in [0.5, 0.6) is 5.75 Å². The van der Waals surface area contributed by atoms with Crippen LogP contribution in [0.2, 0.25) is 0 Å². The summed E-state index contributed by atoms with van der Waals surface area (Å²) < 4.78 is 11.4. The Bertz CT molecular complexity index is 683. The molecule has 0 unspecified atom stereocenters. The first kappa shape index (κ1) is 14.8. The molecule has 0 N–H and O–H groups in total. The van der Waals surface area contributed by atoms with Crippen molar-refractivity contribution in [3.8, 4) is 5.75 Å². The first-order chi connectivity index (χ1) is 9.49. The van der Waals surface area contributed by atoms with Crippen LogP contribution in [0.15, 0.2) is 16.6 Å². The molecule has 2 aromatic rings. The van der Waals surface area contributed by atoms with Gasteiger partial charge in [0.1, 0.15) is 5.75 Å². The number of nitrogens with zero attached hydrogens (tertiary/aromatic N) is 1. The zero-order valence-corrected chi connectivity index (χ0v) is 13.5. The molecule has 0 atom stereocenters. The third-order valence-electron chi connectivity index (χ3n) is 3.11. The molecule has 0 aliphatic rings. The molecule has 2 rings (SSSR count). The Morgan fingerprint density at radius 1 is 1.35 bits per heavy atom. The highest BCUT2D eigenvalue weighted by atomic mass is 79.9. The maximum Gasteiger partial charge on any atom is 0.356 e. The average molecular weight is 338 g/mol. The van der Waals surface area contributed by atoms with Crippen LogP contribution in [0.25, 0.3) is 10.9 Å². The van der Waals surface area contributed by atoms with Crippen LogP contribution in [0, 0.1) is 13.8 Å². The number of carbonyl (C=O) groups is 1. The van der Waals surface area contributed by atoms with Crippen molar-refractivity contribution in [3.63, 3.8) is 0 Å². The summed E-state index contributed by atoms with van der Waals surface area (Å²) in [5.41, 5.74) is 3.10. The van der Waals surface area contributed by atoms with Crippen LogP contribution in [0.4, 0.5) is 0 Å². The highest BCUT2D eigenvalue weighted by Crippen LogP contribution is 2.35. The van der Waals surface area contributed by atoms with E-state index in [4.69, 9.17) is 9.47 Å². The number of carbonyl (C=O) groups excluding carboxylic acids is 1. The lowest BCUT2D eigenvalue weighted by Gasteiger charge is -2.14. The van der Waals surface area contributed by atoms with E-state index in [1.807, 2.05) is 26.8 Å². The van der Waals surface area contributed by atoms with E-state index < -0.39 is 5.97 Å². The maximum atomic E-state index is 11.7. The molecule has 106 valence electrons. The van der Waals surface area contributed by atoms with Gasteiger partial charge in [-0.15, -0.1) is 0 Å². The summed E-state index contributed by atoms with van der Waals surface area (Å²) in [6, 6.07) is 3.56. The van der Waals surface area contributed by atoms with Crippen molar-refractivity contribution in [2.45, 2.75) is 20.8 Å². The zero-order valence-electron chi connectivity index (χ0n) is 11.9. The van der Waals surface area contributed by atoms with Crippen molar-refractivity contribution in [1.29, 1.82) is 0 Å². The minimum absolute atomic E-state index is 0.254. The van der Waals surface area contributed by atoms with E-state index in [0.29, 0.717) is 12.4 Å². The van der Waals surface area contributed by atoms with Gasteiger partial charge < -0.3 is 9.47 Å². The van der Waals surface area contributed by atoms with E-state index in [1.54, 1.807) is 6.07 Å². The summed E-state index contributed by atoms with van der Waals surface area (Å²) in [5.74, 6) is 0.183. The van der Waals surface area contributed by atoms with E-state index in [9.17, 15) is 4.79 Å². The Kier molecular flexibility index (Phi) is 4.28. The van der Waals surface area contributed by atoms with Crippen molar-refractivity contribution in [2.24, 2.45) is 0 Å². The minimum atomic E-state index is -0.467. The molecule has 0 radical (unpaired) electrons. The number of halogens is 1. The number of benzene rings is 1. The largest absolute Gasteiger partial charge is 0.493 e. The van der Waals surface area contributed by atoms with Gasteiger partial charge in [-0.05, 0) is 38.0 Å². The number of fused-ring (bicyclic) bond motifs is 1. The summed E-state index contributed by atoms with van der Waals surface area (Å²) >= 11 is 3.57. The number of hydrogen-bond acceptors (Lipinski definition) is 4. The van der Waals surface area contributed by atoms with E-state index in [-0.39, 0.29) is 5.69 Å². The van der Waals surface area contributed by atoms with Gasteiger partial charge in [0.05, 0.1) is 19.2 Å². The first-order valence-electron chi connectivity index (χ1n) is 6.31. The van der Waals surface area contributed by atoms with Gasteiger partial charge in [0, 0.05) is 15.9 Å². The number of methoxy groups -OCH3 is 1. The van der Waals surface area contributed by atoms with Gasteiger partial charge in [-0.3, -0.25) is 0 Å². The molecule has 4 nitrogen and oxygen atoms in total. The van der Waals surface area contributed by atoms with Crippen LogP contribution < -0.4 is 4.74 Å². The van der Waals surface area contributed by atoms with Crippen LogP contribution in [0.3, 0.4) is 0 Å². The Labute approximate surface area is 126 Å². The molecule has 5 heteroatoms. The summed E-state index contributed by atoms with van der Waals surface area (Å²) in [6.07, 6.45) is 0. The quantitative estimate of drug-likeness (QED) is 0.799. The number of aromatic nitrogens is 1. The Morgan fingerprint density at radius 2 is 2.05 bits per heavy atom. The van der Waals surface area contributed by atoms with Gasteiger partial charge >= 0.3 is 5.97 Å². The standard InChI is InChI=1S/C15H16BrNO3/c1-5-20-12-7-11(15(18)19-4)17-10-6-8(2)14(16)9(3)13(10)12/h6-7H,5H2,1-4H3. The monoisotopic (exact) mass is 337 g/mol. The Hall–Kier alpha value is -1.62. The number of aryl methyl sites for hydroxylation is 2. The molecule has 0 bridgehead atoms. The molecule has 20 heavy (non-hydrogen) atoms. The number of ether oxygens (including phenoxy) is 2. The van der Waals surface area contributed by atoms with Gasteiger partial charge in [-0.2, -0.15) is 0 Å². The fraction of sp³-hybridized carbons (Fsp3) is 0.333. The third kappa shape index (κ3) is 2.50. The summed E-state index contributed by atoms with van der Waals surface area (Å²) in [4.78, 5) is 16.1. The minimum Gasteiger partial charge on any atom is -0.493 e. The fourth-order valence-electron chi connectivity index (χ4n) is 2.17. The second-order valence-electron chi connectivity index (χ2n) is 4.46. The second kappa shape index (κ2) is 5.79. The molecule has 1 heterocycles. The average Bonchev–Trinajstić information content (AvgIpc) is 2.43. The molecule has 0 spiro atoms. The molecule has 1 aromatic carbocycles. The fourth-order valence-corrected chi connectivity index (χ4v) is 2.49. The smallest absolute Gasteiger partial charge is 0.356 e. The lowest BCUT2D eigenvalue weighted by Crippen LogP contribution is -2.06. The number of rotatable bonds is 3. The van der Waals surface area contributed by atoms with Gasteiger partial charge in [-0.25, -0.2) is 9.78 Å². The SMILES string of the molecule is CCOc1cc(C(=O)OC)nc2cc(C)c(Br)c(C)c12. The third-order valence-corrected chi connectivity index (χ3v) is 4.33. The second-order valence-corrected chi connectivity index (χ2v) is 5.25.